The molecule has 0 N–H and O–H groups in total. The molecule has 0 aliphatic carbocycles. The lowest BCUT2D eigenvalue weighted by molar-refractivity contribution is -0.147. The Bertz CT molecular complexity index is 321. The highest BCUT2D eigenvalue weighted by atomic mass is 32.2. The fraction of sp³-hybridized carbons (Fsp3) is 0.700. The average Bonchev–Trinajstić information content (AvgIpc) is 2.71. The molecule has 17 heavy (non-hydrogen) atoms. The van der Waals surface area contributed by atoms with E-state index < -0.39 is 5.97 Å². The monoisotopic (exact) mass is 260 g/mol. The lowest BCUT2D eigenvalue weighted by Crippen LogP contribution is -2.43. The Hall–Kier alpha value is -1.24. The number of likely N-dealkylation sites (N-methyl/N-ethyl adjacent to an activating group) is 1. The Kier molecular flexibility index (Phi) is 5.27. The predicted octanol–water partition coefficient (Wildman–Crippen LogP) is -0.459. The largest absolute Gasteiger partial charge is 0.468 e. The summed E-state index contributed by atoms with van der Waals surface area (Å²) in [5.41, 5.74) is 0. The molecule has 6 nitrogen and oxygen atoms in total. The molecule has 1 aliphatic heterocycles. The van der Waals surface area contributed by atoms with E-state index in [0.717, 1.165) is 0 Å². The lowest BCUT2D eigenvalue weighted by atomic mass is 10.4. The first-order valence-electron chi connectivity index (χ1n) is 5.28. The summed E-state index contributed by atoms with van der Waals surface area (Å²) >= 11 is 1.48. The van der Waals surface area contributed by atoms with E-state index in [1.165, 1.54) is 28.7 Å². The van der Waals surface area contributed by atoms with E-state index in [2.05, 4.69) is 4.74 Å². The third kappa shape index (κ3) is 3.92. The van der Waals surface area contributed by atoms with E-state index in [1.54, 1.807) is 6.92 Å². The number of amides is 2. The smallest absolute Gasteiger partial charge is 0.325 e. The highest BCUT2D eigenvalue weighted by molar-refractivity contribution is 8.00. The van der Waals surface area contributed by atoms with Crippen LogP contribution in [0.2, 0.25) is 0 Å². The van der Waals surface area contributed by atoms with Crippen LogP contribution in [0.4, 0.5) is 0 Å². The number of esters is 1. The fourth-order valence-electron chi connectivity index (χ4n) is 1.40. The van der Waals surface area contributed by atoms with Gasteiger partial charge in [0.2, 0.25) is 11.8 Å². The molecule has 0 unspecified atom stereocenters. The van der Waals surface area contributed by atoms with Crippen molar-refractivity contribution >= 4 is 29.5 Å². The summed E-state index contributed by atoms with van der Waals surface area (Å²) in [6.45, 7) is 2.17. The van der Waals surface area contributed by atoms with E-state index in [1.807, 2.05) is 0 Å². The van der Waals surface area contributed by atoms with Gasteiger partial charge in [0.15, 0.2) is 0 Å². The van der Waals surface area contributed by atoms with Gasteiger partial charge in [0.1, 0.15) is 13.1 Å². The van der Waals surface area contributed by atoms with Crippen LogP contribution in [0.25, 0.3) is 0 Å². The first kappa shape index (κ1) is 13.8. The number of rotatable bonds is 5. The zero-order chi connectivity index (χ0) is 12.8. The van der Waals surface area contributed by atoms with Gasteiger partial charge in [-0.15, -0.1) is 11.8 Å². The summed E-state index contributed by atoms with van der Waals surface area (Å²) in [6.07, 6.45) is 0. The molecule has 0 aromatic rings. The van der Waals surface area contributed by atoms with E-state index in [9.17, 15) is 14.4 Å². The van der Waals surface area contributed by atoms with Gasteiger partial charge in [-0.05, 0) is 6.92 Å². The number of hydrogen-bond donors (Lipinski definition) is 0. The van der Waals surface area contributed by atoms with Crippen LogP contribution in [0.1, 0.15) is 6.92 Å². The first-order valence-corrected chi connectivity index (χ1v) is 6.44. The number of hydrogen-bond acceptors (Lipinski definition) is 5. The van der Waals surface area contributed by atoms with Crippen molar-refractivity contribution < 1.29 is 19.1 Å². The molecule has 0 bridgehead atoms. The third-order valence-corrected chi connectivity index (χ3v) is 3.38. The van der Waals surface area contributed by atoms with Crippen LogP contribution in [0, 0.1) is 0 Å². The Morgan fingerprint density at radius 3 is 2.71 bits per heavy atom. The number of carbonyl (C=O) groups excluding carboxylic acids is 3. The van der Waals surface area contributed by atoms with Gasteiger partial charge in [-0.3, -0.25) is 14.4 Å². The molecule has 0 saturated carbocycles. The van der Waals surface area contributed by atoms with Gasteiger partial charge in [0.25, 0.3) is 0 Å². The molecule has 0 radical (unpaired) electrons. The average molecular weight is 260 g/mol. The normalized spacial score (nSPS) is 14.9. The Balaban J connectivity index is 2.48. The molecule has 0 atom stereocenters. The second kappa shape index (κ2) is 6.48. The maximum atomic E-state index is 11.8. The lowest BCUT2D eigenvalue weighted by Gasteiger charge is -2.22. The Morgan fingerprint density at radius 1 is 1.53 bits per heavy atom. The van der Waals surface area contributed by atoms with Crippen LogP contribution in [0.3, 0.4) is 0 Å². The van der Waals surface area contributed by atoms with Crippen LogP contribution < -0.4 is 0 Å². The van der Waals surface area contributed by atoms with Crippen molar-refractivity contribution in [2.45, 2.75) is 6.92 Å². The second-order valence-electron chi connectivity index (χ2n) is 3.55. The summed E-state index contributed by atoms with van der Waals surface area (Å²) in [7, 11) is 1.28. The van der Waals surface area contributed by atoms with Crippen LogP contribution in [-0.4, -0.2) is 66.0 Å². The van der Waals surface area contributed by atoms with Crippen LogP contribution in [-0.2, 0) is 19.1 Å². The first-order chi connectivity index (χ1) is 8.08. The van der Waals surface area contributed by atoms with E-state index in [-0.39, 0.29) is 24.9 Å². The second-order valence-corrected chi connectivity index (χ2v) is 4.51. The van der Waals surface area contributed by atoms with E-state index in [4.69, 9.17) is 0 Å². The van der Waals surface area contributed by atoms with Gasteiger partial charge < -0.3 is 14.5 Å². The van der Waals surface area contributed by atoms with Gasteiger partial charge in [0.05, 0.1) is 18.7 Å². The van der Waals surface area contributed by atoms with Crippen molar-refractivity contribution in [2.24, 2.45) is 0 Å². The molecule has 2 amide bonds. The highest BCUT2D eigenvalue weighted by Crippen LogP contribution is 2.14. The van der Waals surface area contributed by atoms with Gasteiger partial charge in [-0.2, -0.15) is 0 Å². The predicted molar refractivity (Wildman–Crippen MR) is 63.3 cm³/mol. The van der Waals surface area contributed by atoms with Gasteiger partial charge >= 0.3 is 5.97 Å². The van der Waals surface area contributed by atoms with Crippen molar-refractivity contribution in [1.29, 1.82) is 0 Å². The van der Waals surface area contributed by atoms with E-state index >= 15 is 0 Å². The molecule has 7 heteroatoms. The third-order valence-electron chi connectivity index (χ3n) is 2.43. The molecule has 1 rings (SSSR count). The number of thioether (sulfide) groups is 1. The molecule has 1 heterocycles. The van der Waals surface area contributed by atoms with Crippen molar-refractivity contribution in [1.82, 2.24) is 9.80 Å². The summed E-state index contributed by atoms with van der Waals surface area (Å²) in [4.78, 5) is 37.1. The summed E-state index contributed by atoms with van der Waals surface area (Å²) in [5.74, 6) is 0.255. The van der Waals surface area contributed by atoms with Gasteiger partial charge in [0, 0.05) is 6.54 Å². The zero-order valence-electron chi connectivity index (χ0n) is 9.97. The molecule has 0 spiro atoms. The van der Waals surface area contributed by atoms with Crippen LogP contribution in [0.5, 0.6) is 0 Å². The molecule has 1 aliphatic rings. The molecular formula is C10H16N2O4S. The van der Waals surface area contributed by atoms with Crippen LogP contribution >= 0.6 is 11.8 Å². The zero-order valence-corrected chi connectivity index (χ0v) is 10.8. The minimum absolute atomic E-state index is 0.0301. The van der Waals surface area contributed by atoms with Crippen LogP contribution in [0.15, 0.2) is 0 Å². The summed E-state index contributed by atoms with van der Waals surface area (Å²) in [6, 6.07) is 0. The van der Waals surface area contributed by atoms with Crippen molar-refractivity contribution in [3.8, 4) is 0 Å². The SMILES string of the molecule is CCN(CC(=O)OC)C(=O)CN1CSCC1=O. The van der Waals surface area contributed by atoms with E-state index in [0.29, 0.717) is 18.2 Å². The maximum Gasteiger partial charge on any atom is 0.325 e. The van der Waals surface area contributed by atoms with Crippen molar-refractivity contribution in [3.63, 3.8) is 0 Å². The Morgan fingerprint density at radius 2 is 2.24 bits per heavy atom. The highest BCUT2D eigenvalue weighted by Gasteiger charge is 2.25. The number of methoxy groups -OCH3 is 1. The van der Waals surface area contributed by atoms with Gasteiger partial charge in [-0.25, -0.2) is 0 Å². The number of carbonyl (C=O) groups is 3. The minimum atomic E-state index is -0.456. The van der Waals surface area contributed by atoms with Crippen molar-refractivity contribution in [3.05, 3.63) is 0 Å². The summed E-state index contributed by atoms with van der Waals surface area (Å²) in [5, 5.41) is 0. The topological polar surface area (TPSA) is 66.9 Å². The standard InChI is InChI=1S/C10H16N2O4S/c1-3-11(5-10(15)16-2)8(13)4-12-7-17-6-9(12)14/h3-7H2,1-2H3. The molecular weight excluding hydrogens is 244 g/mol. The Labute approximate surface area is 104 Å². The molecule has 96 valence electrons. The molecule has 1 fully saturated rings. The molecule has 0 aromatic heterocycles. The molecule has 0 aromatic carbocycles. The van der Waals surface area contributed by atoms with Crippen molar-refractivity contribution in [2.75, 3.05) is 38.4 Å². The number of nitrogens with zero attached hydrogens (tertiary/aromatic N) is 2. The number of ether oxygens (including phenoxy) is 1. The molecule has 1 saturated heterocycles. The fourth-order valence-corrected chi connectivity index (χ4v) is 2.30. The van der Waals surface area contributed by atoms with Gasteiger partial charge in [-0.1, -0.05) is 0 Å². The minimum Gasteiger partial charge on any atom is -0.468 e. The summed E-state index contributed by atoms with van der Waals surface area (Å²) < 4.78 is 4.51. The quantitative estimate of drug-likeness (QED) is 0.626. The maximum absolute atomic E-state index is 11.8.